The third kappa shape index (κ3) is 3.96. The smallest absolute Gasteiger partial charge is 0.417 e. The number of sulfone groups is 1. The van der Waals surface area contributed by atoms with E-state index in [-0.39, 0.29) is 25.3 Å². The first-order valence-electron chi connectivity index (χ1n) is 10.3. The number of carboxylic acids is 1. The molecule has 1 aromatic rings. The second-order valence-corrected chi connectivity index (χ2v) is 10.8. The number of carbonyl (C=O) groups is 3. The fraction of sp³-hybridized carbons (Fsp3) is 0.500. The number of ether oxygens (including phenoxy) is 1. The van der Waals surface area contributed by atoms with E-state index in [9.17, 15) is 46.3 Å². The van der Waals surface area contributed by atoms with Crippen LogP contribution in [0.4, 0.5) is 23.7 Å². The first kappa shape index (κ1) is 24.7. The van der Waals surface area contributed by atoms with Crippen LogP contribution in [0.5, 0.6) is 0 Å². The molecule has 188 valence electrons. The van der Waals surface area contributed by atoms with Crippen LogP contribution < -0.4 is 10.6 Å². The second kappa shape index (κ2) is 8.09. The van der Waals surface area contributed by atoms with E-state index in [0.717, 1.165) is 21.9 Å². The number of hydrogen-bond donors (Lipinski definition) is 2. The van der Waals surface area contributed by atoms with E-state index >= 15 is 0 Å². The Bertz CT molecular complexity index is 1260. The van der Waals surface area contributed by atoms with Crippen LogP contribution in [0.1, 0.15) is 18.4 Å². The minimum atomic E-state index is -5.11. The molecule has 3 aliphatic rings. The van der Waals surface area contributed by atoms with Crippen LogP contribution in [-0.2, 0) is 30.3 Å². The maximum atomic E-state index is 13.9. The number of cyclic esters (lactones) is 1. The number of alkyl halides is 3. The monoisotopic (exact) mass is 516 g/mol. The van der Waals surface area contributed by atoms with Crippen molar-refractivity contribution in [1.29, 1.82) is 5.26 Å². The van der Waals surface area contributed by atoms with Crippen molar-refractivity contribution in [1.82, 2.24) is 4.90 Å². The zero-order valence-corrected chi connectivity index (χ0v) is 18.7. The summed E-state index contributed by atoms with van der Waals surface area (Å²) in [6.07, 6.45) is -6.63. The molecule has 11 nitrogen and oxygen atoms in total. The minimum absolute atomic E-state index is 0.0119. The number of carbonyl (C=O) groups excluding carboxylic acids is 2. The Labute approximate surface area is 196 Å². The van der Waals surface area contributed by atoms with Gasteiger partial charge in [0.25, 0.3) is 0 Å². The van der Waals surface area contributed by atoms with Crippen molar-refractivity contribution in [2.75, 3.05) is 24.6 Å². The minimum Gasteiger partial charge on any atom is -0.480 e. The first-order valence-corrected chi connectivity index (χ1v) is 11.9. The maximum Gasteiger partial charge on any atom is 0.417 e. The van der Waals surface area contributed by atoms with Crippen molar-refractivity contribution < 1.29 is 45.8 Å². The summed E-state index contributed by atoms with van der Waals surface area (Å²) >= 11 is 0. The lowest BCUT2D eigenvalue weighted by Gasteiger charge is -2.22. The summed E-state index contributed by atoms with van der Waals surface area (Å²) in [7, 11) is -4.73. The van der Waals surface area contributed by atoms with Gasteiger partial charge in [0.05, 0.1) is 28.3 Å². The highest BCUT2D eigenvalue weighted by atomic mass is 32.2. The summed E-state index contributed by atoms with van der Waals surface area (Å²) in [4.78, 5) is 36.3. The molecule has 3 N–H and O–H groups in total. The summed E-state index contributed by atoms with van der Waals surface area (Å²) < 4.78 is 73.1. The molecule has 2 heterocycles. The number of benzene rings is 1. The summed E-state index contributed by atoms with van der Waals surface area (Å²) in [6, 6.07) is 1.65. The Morgan fingerprint density at radius 1 is 1.31 bits per heavy atom. The Balaban J connectivity index is 1.70. The number of carboxylic acid groups (broad SMARTS) is 1. The number of primary amides is 1. The van der Waals surface area contributed by atoms with Gasteiger partial charge in [-0.3, -0.25) is 19.4 Å². The Kier molecular flexibility index (Phi) is 5.72. The topological polar surface area (TPSA) is 171 Å². The van der Waals surface area contributed by atoms with Crippen LogP contribution in [0.2, 0.25) is 0 Å². The predicted octanol–water partition coefficient (Wildman–Crippen LogP) is 0.731. The number of rotatable bonds is 6. The molecular weight excluding hydrogens is 497 g/mol. The molecule has 2 saturated heterocycles. The van der Waals surface area contributed by atoms with Crippen LogP contribution in [0.25, 0.3) is 0 Å². The molecule has 2 unspecified atom stereocenters. The molecule has 1 aromatic carbocycles. The van der Waals surface area contributed by atoms with E-state index in [0.29, 0.717) is 6.07 Å². The SMILES string of the molecule is N#CC1(C(N)=O)CC1N1C[C@H](S(=O)(=O)c2ccc(N3CCOC3=O)cc2C(F)(F)F)C[C@H]1C(=O)O. The Morgan fingerprint density at radius 2 is 2.00 bits per heavy atom. The molecule has 2 aliphatic heterocycles. The quantitative estimate of drug-likeness (QED) is 0.553. The van der Waals surface area contributed by atoms with Crippen LogP contribution in [0.15, 0.2) is 23.1 Å². The molecule has 35 heavy (non-hydrogen) atoms. The van der Waals surface area contributed by atoms with E-state index in [4.69, 9.17) is 10.5 Å². The van der Waals surface area contributed by atoms with E-state index < -0.39 is 80.2 Å². The van der Waals surface area contributed by atoms with Gasteiger partial charge in [0.15, 0.2) is 15.3 Å². The van der Waals surface area contributed by atoms with Crippen molar-refractivity contribution in [3.63, 3.8) is 0 Å². The zero-order chi connectivity index (χ0) is 25.9. The van der Waals surface area contributed by atoms with Gasteiger partial charge in [0.2, 0.25) is 5.91 Å². The lowest BCUT2D eigenvalue weighted by atomic mass is 10.1. The van der Waals surface area contributed by atoms with E-state index in [1.54, 1.807) is 6.07 Å². The fourth-order valence-corrected chi connectivity index (χ4v) is 6.58. The number of aliphatic carboxylic acids is 1. The van der Waals surface area contributed by atoms with Gasteiger partial charge >= 0.3 is 18.2 Å². The third-order valence-corrected chi connectivity index (χ3v) is 8.82. The summed E-state index contributed by atoms with van der Waals surface area (Å²) in [5.74, 6) is -2.43. The Hall–Kier alpha value is -3.38. The fourth-order valence-electron chi connectivity index (χ4n) is 4.68. The number of nitriles is 1. The molecule has 15 heteroatoms. The molecule has 4 atom stereocenters. The van der Waals surface area contributed by atoms with Gasteiger partial charge < -0.3 is 15.6 Å². The molecule has 0 aromatic heterocycles. The third-order valence-electron chi connectivity index (χ3n) is 6.64. The standard InChI is InChI=1S/C20H19F3N4O7S/c21-20(22,23)12-5-10(26-3-4-34-18(26)31)1-2-14(12)35(32,33)11-6-13(16(28)29)27(8-11)15-7-19(15,9-24)17(25)30/h1-2,5,11,13,15H,3-4,6-8H2,(H2,25,30)(H,28,29)/t11-,13+,15?,19?/m1/s1. The molecule has 3 fully saturated rings. The molecule has 0 radical (unpaired) electrons. The van der Waals surface area contributed by atoms with Crippen LogP contribution in [0.3, 0.4) is 0 Å². The number of halogens is 3. The summed E-state index contributed by atoms with van der Waals surface area (Å²) in [6.45, 7) is -0.550. The summed E-state index contributed by atoms with van der Waals surface area (Å²) in [5, 5.41) is 17.4. The lowest BCUT2D eigenvalue weighted by molar-refractivity contribution is -0.143. The second-order valence-electron chi connectivity index (χ2n) is 8.57. The van der Waals surface area contributed by atoms with Crippen molar-refractivity contribution >= 4 is 33.5 Å². The van der Waals surface area contributed by atoms with Crippen LogP contribution in [0, 0.1) is 16.7 Å². The average Bonchev–Trinajstić information content (AvgIpc) is 3.11. The normalized spacial score (nSPS) is 29.0. The van der Waals surface area contributed by atoms with Crippen molar-refractivity contribution in [2.24, 2.45) is 11.1 Å². The highest BCUT2D eigenvalue weighted by molar-refractivity contribution is 7.92. The number of anilines is 1. The Morgan fingerprint density at radius 3 is 2.49 bits per heavy atom. The number of likely N-dealkylation sites (tertiary alicyclic amines) is 1. The highest BCUT2D eigenvalue weighted by Gasteiger charge is 2.66. The van der Waals surface area contributed by atoms with Crippen LogP contribution >= 0.6 is 0 Å². The van der Waals surface area contributed by atoms with E-state index in [1.807, 2.05) is 0 Å². The molecule has 1 saturated carbocycles. The van der Waals surface area contributed by atoms with Crippen molar-refractivity contribution in [3.05, 3.63) is 23.8 Å². The summed E-state index contributed by atoms with van der Waals surface area (Å²) in [5.41, 5.74) is 1.87. The zero-order valence-electron chi connectivity index (χ0n) is 17.9. The maximum absolute atomic E-state index is 13.9. The van der Waals surface area contributed by atoms with E-state index in [1.165, 1.54) is 0 Å². The van der Waals surface area contributed by atoms with E-state index in [2.05, 4.69) is 0 Å². The van der Waals surface area contributed by atoms with Gasteiger partial charge in [-0.1, -0.05) is 0 Å². The van der Waals surface area contributed by atoms with Gasteiger partial charge in [-0.05, 0) is 31.0 Å². The number of amides is 2. The van der Waals surface area contributed by atoms with Crippen LogP contribution in [-0.4, -0.2) is 73.4 Å². The molecule has 4 rings (SSSR count). The molecule has 0 bridgehead atoms. The molecule has 0 spiro atoms. The van der Waals surface area contributed by atoms with Gasteiger partial charge in [0, 0.05) is 18.3 Å². The van der Waals surface area contributed by atoms with Crippen molar-refractivity contribution in [2.45, 2.75) is 41.2 Å². The van der Waals surface area contributed by atoms with Gasteiger partial charge in [0.1, 0.15) is 12.6 Å². The van der Waals surface area contributed by atoms with Gasteiger partial charge in [-0.2, -0.15) is 18.4 Å². The lowest BCUT2D eigenvalue weighted by Crippen LogP contribution is -2.42. The van der Waals surface area contributed by atoms with Crippen molar-refractivity contribution in [3.8, 4) is 6.07 Å². The first-order chi connectivity index (χ1) is 16.2. The molecular formula is C20H19F3N4O7S. The average molecular weight is 516 g/mol. The van der Waals surface area contributed by atoms with Gasteiger partial charge in [-0.15, -0.1) is 0 Å². The largest absolute Gasteiger partial charge is 0.480 e. The number of nitrogens with zero attached hydrogens (tertiary/aromatic N) is 3. The number of hydrogen-bond acceptors (Lipinski definition) is 8. The number of nitrogens with two attached hydrogens (primary N) is 1. The highest BCUT2D eigenvalue weighted by Crippen LogP contribution is 2.52. The predicted molar refractivity (Wildman–Crippen MR) is 110 cm³/mol. The molecule has 1 aliphatic carbocycles. The molecule has 2 amide bonds. The van der Waals surface area contributed by atoms with Gasteiger partial charge in [-0.25, -0.2) is 13.2 Å².